The van der Waals surface area contributed by atoms with Crippen molar-refractivity contribution in [2.45, 2.75) is 38.1 Å². The smallest absolute Gasteiger partial charge is 0.271 e. The second kappa shape index (κ2) is 7.40. The summed E-state index contributed by atoms with van der Waals surface area (Å²) < 4.78 is 1.54. The number of anilines is 1. The molecule has 0 atom stereocenters. The van der Waals surface area contributed by atoms with E-state index in [2.05, 4.69) is 15.4 Å². The first-order valence-electron chi connectivity index (χ1n) is 10.2. The number of para-hydroxylation sites is 1. The van der Waals surface area contributed by atoms with Gasteiger partial charge in [-0.3, -0.25) is 9.59 Å². The van der Waals surface area contributed by atoms with Gasteiger partial charge in [0, 0.05) is 18.8 Å². The predicted octanol–water partition coefficient (Wildman–Crippen LogP) is 3.48. The van der Waals surface area contributed by atoms with E-state index in [0.717, 1.165) is 37.8 Å². The fraction of sp³-hybridized carbons (Fsp3) is 0.364. The van der Waals surface area contributed by atoms with Gasteiger partial charge in [-0.25, -0.2) is 9.50 Å². The van der Waals surface area contributed by atoms with Gasteiger partial charge >= 0.3 is 0 Å². The summed E-state index contributed by atoms with van der Waals surface area (Å²) in [4.78, 5) is 32.0. The van der Waals surface area contributed by atoms with Crippen molar-refractivity contribution in [2.75, 3.05) is 11.4 Å². The molecule has 154 valence electrons. The normalized spacial score (nSPS) is 24.0. The van der Waals surface area contributed by atoms with Crippen molar-refractivity contribution in [2.24, 2.45) is 5.41 Å². The third kappa shape index (κ3) is 3.13. The maximum atomic E-state index is 13.3. The van der Waals surface area contributed by atoms with Crippen molar-refractivity contribution in [1.82, 2.24) is 19.9 Å². The molecule has 0 unspecified atom stereocenters. The second-order valence-corrected chi connectivity index (χ2v) is 8.53. The van der Waals surface area contributed by atoms with Crippen LogP contribution in [-0.4, -0.2) is 39.0 Å². The van der Waals surface area contributed by atoms with E-state index in [1.807, 2.05) is 35.2 Å². The Morgan fingerprint density at radius 1 is 1.13 bits per heavy atom. The predicted molar refractivity (Wildman–Crippen MR) is 114 cm³/mol. The highest BCUT2D eigenvalue weighted by Crippen LogP contribution is 2.46. The molecule has 1 spiro atoms. The highest BCUT2D eigenvalue weighted by Gasteiger charge is 2.49. The Bertz CT molecular complexity index is 1120. The minimum atomic E-state index is -0.342. The monoisotopic (exact) mass is 423 g/mol. The minimum Gasteiger partial charge on any atom is -0.348 e. The van der Waals surface area contributed by atoms with Crippen LogP contribution in [0.15, 0.2) is 48.8 Å². The molecule has 1 saturated carbocycles. The Morgan fingerprint density at radius 2 is 1.93 bits per heavy atom. The summed E-state index contributed by atoms with van der Waals surface area (Å²) in [7, 11) is 0. The number of aromatic nitrogens is 3. The van der Waals surface area contributed by atoms with Gasteiger partial charge in [0.2, 0.25) is 5.91 Å². The van der Waals surface area contributed by atoms with Crippen molar-refractivity contribution in [3.63, 3.8) is 0 Å². The molecule has 0 bridgehead atoms. The van der Waals surface area contributed by atoms with Crippen molar-refractivity contribution in [1.29, 1.82) is 0 Å². The Morgan fingerprint density at radius 3 is 2.73 bits per heavy atom. The number of benzene rings is 1. The molecule has 7 nitrogen and oxygen atoms in total. The topological polar surface area (TPSA) is 79.6 Å². The Kier molecular flexibility index (Phi) is 4.70. The fourth-order valence-electron chi connectivity index (χ4n) is 4.74. The zero-order valence-corrected chi connectivity index (χ0v) is 17.2. The van der Waals surface area contributed by atoms with Crippen LogP contribution in [0.2, 0.25) is 5.02 Å². The van der Waals surface area contributed by atoms with E-state index in [1.54, 1.807) is 23.0 Å². The van der Waals surface area contributed by atoms with Gasteiger partial charge in [-0.05, 0) is 56.4 Å². The van der Waals surface area contributed by atoms with E-state index >= 15 is 0 Å². The van der Waals surface area contributed by atoms with Gasteiger partial charge in [-0.15, -0.1) is 0 Å². The molecule has 5 rings (SSSR count). The number of nitrogens with one attached hydrogen (secondary N) is 1. The summed E-state index contributed by atoms with van der Waals surface area (Å²) in [6.07, 6.45) is 7.09. The summed E-state index contributed by atoms with van der Waals surface area (Å²) in [6, 6.07) is 11.1. The van der Waals surface area contributed by atoms with Crippen LogP contribution in [-0.2, 0) is 4.79 Å². The second-order valence-electron chi connectivity index (χ2n) is 8.12. The number of rotatable bonds is 3. The molecule has 8 heteroatoms. The lowest BCUT2D eigenvalue weighted by atomic mass is 9.71. The van der Waals surface area contributed by atoms with Crippen LogP contribution in [0.5, 0.6) is 0 Å². The largest absolute Gasteiger partial charge is 0.348 e. The number of fused-ring (bicyclic) bond motifs is 1. The van der Waals surface area contributed by atoms with E-state index in [-0.39, 0.29) is 23.3 Å². The average molecular weight is 424 g/mol. The molecule has 30 heavy (non-hydrogen) atoms. The molecule has 2 aromatic heterocycles. The van der Waals surface area contributed by atoms with Gasteiger partial charge in [0.15, 0.2) is 5.65 Å². The van der Waals surface area contributed by atoms with Crippen LogP contribution < -0.4 is 10.2 Å². The Hall–Kier alpha value is -2.93. The SMILES string of the molecule is O=C(NC1CCC2(CC1)CCN(c1ccccc1Cl)C2=O)c1cnc2cccnn12. The summed E-state index contributed by atoms with van der Waals surface area (Å²) in [5, 5.41) is 7.90. The van der Waals surface area contributed by atoms with Gasteiger partial charge in [-0.1, -0.05) is 23.7 Å². The van der Waals surface area contributed by atoms with E-state index in [4.69, 9.17) is 11.6 Å². The van der Waals surface area contributed by atoms with Crippen molar-refractivity contribution in [3.8, 4) is 0 Å². The molecule has 1 aliphatic carbocycles. The van der Waals surface area contributed by atoms with Crippen LogP contribution in [0, 0.1) is 5.41 Å². The number of nitrogens with zero attached hydrogens (tertiary/aromatic N) is 4. The number of carbonyl (C=O) groups excluding carboxylic acids is 2. The van der Waals surface area contributed by atoms with E-state index in [1.165, 1.54) is 0 Å². The van der Waals surface area contributed by atoms with Crippen LogP contribution in [0.1, 0.15) is 42.6 Å². The lowest BCUT2D eigenvalue weighted by molar-refractivity contribution is -0.127. The first kappa shape index (κ1) is 19.1. The maximum Gasteiger partial charge on any atom is 0.271 e. The molecule has 3 aromatic rings. The number of amides is 2. The summed E-state index contributed by atoms with van der Waals surface area (Å²) in [5.74, 6) is -0.0241. The molecule has 3 heterocycles. The third-order valence-electron chi connectivity index (χ3n) is 6.44. The molecule has 2 amide bonds. The molecule has 1 aliphatic heterocycles. The quantitative estimate of drug-likeness (QED) is 0.699. The van der Waals surface area contributed by atoms with Gasteiger partial charge in [0.25, 0.3) is 5.91 Å². The molecule has 1 aromatic carbocycles. The minimum absolute atomic E-state index is 0.0413. The standard InChI is InChI=1S/C22H22ClN5O2/c23-16-4-1-2-5-17(16)27-13-11-22(21(27)30)9-7-15(8-10-22)26-20(29)18-14-24-19-6-3-12-25-28(18)19/h1-6,12,14-15H,7-11,13H2,(H,26,29). The average Bonchev–Trinajstić information content (AvgIpc) is 3.33. The van der Waals surface area contributed by atoms with Crippen LogP contribution in [0.25, 0.3) is 5.65 Å². The summed E-state index contributed by atoms with van der Waals surface area (Å²) >= 11 is 6.31. The maximum absolute atomic E-state index is 13.3. The van der Waals surface area contributed by atoms with Gasteiger partial charge in [-0.2, -0.15) is 5.10 Å². The molecule has 2 fully saturated rings. The zero-order valence-electron chi connectivity index (χ0n) is 16.4. The first-order valence-corrected chi connectivity index (χ1v) is 10.6. The molecular weight excluding hydrogens is 402 g/mol. The summed E-state index contributed by atoms with van der Waals surface area (Å²) in [5.41, 5.74) is 1.51. The Balaban J connectivity index is 1.25. The van der Waals surface area contributed by atoms with E-state index in [9.17, 15) is 9.59 Å². The third-order valence-corrected chi connectivity index (χ3v) is 6.76. The van der Waals surface area contributed by atoms with Crippen LogP contribution in [0.3, 0.4) is 0 Å². The number of imidazole rings is 1. The van der Waals surface area contributed by atoms with Gasteiger partial charge in [0.05, 0.1) is 22.3 Å². The number of hydrogen-bond donors (Lipinski definition) is 1. The summed E-state index contributed by atoms with van der Waals surface area (Å²) in [6.45, 7) is 0.688. The molecule has 2 aliphatic rings. The van der Waals surface area contributed by atoms with Gasteiger partial charge < -0.3 is 10.2 Å². The molecular formula is C22H22ClN5O2. The molecule has 0 radical (unpaired) electrons. The van der Waals surface area contributed by atoms with Crippen molar-refractivity contribution in [3.05, 3.63) is 59.5 Å². The lowest BCUT2D eigenvalue weighted by Gasteiger charge is -2.36. The van der Waals surface area contributed by atoms with Crippen molar-refractivity contribution >= 4 is 34.7 Å². The number of carbonyl (C=O) groups is 2. The molecule has 1 N–H and O–H groups in total. The zero-order chi connectivity index (χ0) is 20.7. The highest BCUT2D eigenvalue weighted by molar-refractivity contribution is 6.34. The fourth-order valence-corrected chi connectivity index (χ4v) is 4.98. The number of halogens is 1. The van der Waals surface area contributed by atoms with Crippen molar-refractivity contribution < 1.29 is 9.59 Å². The van der Waals surface area contributed by atoms with Gasteiger partial charge in [0.1, 0.15) is 5.69 Å². The first-order chi connectivity index (χ1) is 14.6. The van der Waals surface area contributed by atoms with E-state index < -0.39 is 0 Å². The number of hydrogen-bond acceptors (Lipinski definition) is 4. The Labute approximate surface area is 179 Å². The van der Waals surface area contributed by atoms with Crippen LogP contribution in [0.4, 0.5) is 5.69 Å². The van der Waals surface area contributed by atoms with E-state index in [0.29, 0.717) is 22.9 Å². The van der Waals surface area contributed by atoms with Crippen LogP contribution >= 0.6 is 11.6 Å². The molecule has 1 saturated heterocycles. The highest BCUT2D eigenvalue weighted by atomic mass is 35.5. The lowest BCUT2D eigenvalue weighted by Crippen LogP contribution is -2.44.